The zero-order valence-corrected chi connectivity index (χ0v) is 7.67. The van der Waals surface area contributed by atoms with Crippen LogP contribution in [0.1, 0.15) is 0 Å². The van der Waals surface area contributed by atoms with Gasteiger partial charge in [-0.3, -0.25) is 15.8 Å². The average Bonchev–Trinajstić information content (AvgIpc) is 2.11. The molecule has 0 aliphatic heterocycles. The van der Waals surface area contributed by atoms with Crippen LogP contribution in [0.4, 0.5) is 0 Å². The maximum Gasteiger partial charge on any atom is 0.160 e. The summed E-state index contributed by atoms with van der Waals surface area (Å²) in [4.78, 5) is 0. The maximum atomic E-state index is 7.55. The summed E-state index contributed by atoms with van der Waals surface area (Å²) in [5.74, 6) is 5.24. The van der Waals surface area contributed by atoms with E-state index in [1.165, 1.54) is 19.2 Å². The van der Waals surface area contributed by atoms with Crippen molar-refractivity contribution >= 4 is 11.5 Å². The van der Waals surface area contributed by atoms with Crippen LogP contribution in [0.5, 0.6) is 0 Å². The number of nitrogens with one attached hydrogen (secondary N) is 2. The normalized spacial score (nSPS) is 10.5. The van der Waals surface area contributed by atoms with Gasteiger partial charge in [0.15, 0.2) is 5.84 Å². The third-order valence-corrected chi connectivity index (χ3v) is 1.40. The second-order valence-electron chi connectivity index (χ2n) is 2.40. The summed E-state index contributed by atoms with van der Waals surface area (Å²) in [6, 6.07) is 0. The average molecular weight is 178 g/mol. The molecule has 0 rings (SSSR count). The van der Waals surface area contributed by atoms with Gasteiger partial charge in [-0.1, -0.05) is 31.4 Å². The monoisotopic (exact) mass is 178 g/mol. The summed E-state index contributed by atoms with van der Waals surface area (Å²) in [5.41, 5.74) is 0.553. The molecule has 0 atom stereocenters. The molecule has 4 nitrogen and oxygen atoms in total. The van der Waals surface area contributed by atoms with Crippen molar-refractivity contribution in [2.24, 2.45) is 5.84 Å². The largest absolute Gasteiger partial charge is 0.297 e. The smallest absolute Gasteiger partial charge is 0.160 e. The van der Waals surface area contributed by atoms with Crippen molar-refractivity contribution in [2.75, 3.05) is 7.05 Å². The highest BCUT2D eigenvalue weighted by molar-refractivity contribution is 6.45. The Hall–Kier alpha value is -1.68. The van der Waals surface area contributed by atoms with Crippen molar-refractivity contribution < 1.29 is 0 Å². The lowest BCUT2D eigenvalue weighted by Crippen LogP contribution is -2.38. The fourth-order valence-corrected chi connectivity index (χ4v) is 0.693. The van der Waals surface area contributed by atoms with E-state index >= 15 is 0 Å². The summed E-state index contributed by atoms with van der Waals surface area (Å²) in [6.07, 6.45) is 4.63. The molecular formula is C9H14N4. The molecule has 0 fully saturated rings. The Morgan fingerprint density at radius 2 is 1.92 bits per heavy atom. The first-order valence-electron chi connectivity index (χ1n) is 3.66. The SMILES string of the molecule is C=C/C=C(\C=C)C(=N)C(=N)N(C)N. The van der Waals surface area contributed by atoms with Crippen LogP contribution in [0.15, 0.2) is 37.0 Å². The molecule has 70 valence electrons. The quantitative estimate of drug-likeness (QED) is 0.198. The molecule has 13 heavy (non-hydrogen) atoms. The zero-order valence-electron chi connectivity index (χ0n) is 7.67. The summed E-state index contributed by atoms with van der Waals surface area (Å²) >= 11 is 0. The fraction of sp³-hybridized carbons (Fsp3) is 0.111. The van der Waals surface area contributed by atoms with Gasteiger partial charge in [-0.2, -0.15) is 0 Å². The van der Waals surface area contributed by atoms with Gasteiger partial charge in [0.25, 0.3) is 0 Å². The third-order valence-electron chi connectivity index (χ3n) is 1.40. The standard InChI is InChI=1S/C9H14N4/c1-4-6-7(5-2)8(10)9(11)13(3)12/h4-6,10-11H,1-2,12H2,3H3/b7-6+,10-8?,11-9?. The lowest BCUT2D eigenvalue weighted by Gasteiger charge is -2.14. The van der Waals surface area contributed by atoms with E-state index in [1.54, 1.807) is 6.08 Å². The van der Waals surface area contributed by atoms with Gasteiger partial charge in [-0.15, -0.1) is 0 Å². The Morgan fingerprint density at radius 3 is 2.23 bits per heavy atom. The molecule has 0 aliphatic rings. The van der Waals surface area contributed by atoms with Crippen molar-refractivity contribution in [1.29, 1.82) is 10.8 Å². The van der Waals surface area contributed by atoms with Gasteiger partial charge >= 0.3 is 0 Å². The van der Waals surface area contributed by atoms with Crippen LogP contribution in [0.3, 0.4) is 0 Å². The van der Waals surface area contributed by atoms with E-state index in [4.69, 9.17) is 16.7 Å². The van der Waals surface area contributed by atoms with Crippen LogP contribution in [0.25, 0.3) is 0 Å². The van der Waals surface area contributed by atoms with Crippen molar-refractivity contribution in [3.05, 3.63) is 37.0 Å². The third kappa shape index (κ3) is 3.04. The molecule has 4 heteroatoms. The Bertz CT molecular complexity index is 273. The number of nitrogens with zero attached hydrogens (tertiary/aromatic N) is 1. The molecule has 0 aromatic rings. The van der Waals surface area contributed by atoms with Crippen LogP contribution in [-0.2, 0) is 0 Å². The molecule has 0 aromatic heterocycles. The van der Waals surface area contributed by atoms with E-state index in [9.17, 15) is 0 Å². The van der Waals surface area contributed by atoms with Crippen LogP contribution in [-0.4, -0.2) is 23.6 Å². The number of nitrogens with two attached hydrogens (primary N) is 1. The topological polar surface area (TPSA) is 77.0 Å². The van der Waals surface area contributed by atoms with Gasteiger partial charge in [0.05, 0.1) is 0 Å². The molecule has 0 heterocycles. The molecule has 0 aromatic carbocycles. The summed E-state index contributed by atoms with van der Waals surface area (Å²) in [7, 11) is 1.51. The van der Waals surface area contributed by atoms with Gasteiger partial charge in [0.2, 0.25) is 0 Å². The lowest BCUT2D eigenvalue weighted by atomic mass is 10.1. The zero-order chi connectivity index (χ0) is 10.4. The molecule has 0 unspecified atom stereocenters. The van der Waals surface area contributed by atoms with Crippen LogP contribution in [0, 0.1) is 10.8 Å². The van der Waals surface area contributed by atoms with Gasteiger partial charge < -0.3 is 0 Å². The first-order valence-corrected chi connectivity index (χ1v) is 3.66. The maximum absolute atomic E-state index is 7.55. The summed E-state index contributed by atoms with van der Waals surface area (Å²) in [6.45, 7) is 7.03. The van der Waals surface area contributed by atoms with E-state index < -0.39 is 0 Å². The Kier molecular flexibility index (Phi) is 4.40. The van der Waals surface area contributed by atoms with Crippen LogP contribution < -0.4 is 5.84 Å². The molecule has 0 amide bonds. The molecule has 0 bridgehead atoms. The minimum Gasteiger partial charge on any atom is -0.297 e. The minimum atomic E-state index is -0.0620. The fourth-order valence-electron chi connectivity index (χ4n) is 0.693. The number of hydrazine groups is 1. The van der Waals surface area contributed by atoms with Gasteiger partial charge in [-0.25, -0.2) is 5.84 Å². The first-order chi connectivity index (χ1) is 6.04. The summed E-state index contributed by atoms with van der Waals surface area (Å²) in [5, 5.41) is 16.0. The van der Waals surface area contributed by atoms with Crippen LogP contribution >= 0.6 is 0 Å². The van der Waals surface area contributed by atoms with E-state index in [0.717, 1.165) is 5.01 Å². The van der Waals surface area contributed by atoms with Crippen molar-refractivity contribution in [3.63, 3.8) is 0 Å². The lowest BCUT2D eigenvalue weighted by molar-refractivity contribution is 0.542. The summed E-state index contributed by atoms with van der Waals surface area (Å²) < 4.78 is 0. The van der Waals surface area contributed by atoms with Crippen molar-refractivity contribution in [3.8, 4) is 0 Å². The predicted molar refractivity (Wildman–Crippen MR) is 55.9 cm³/mol. The highest BCUT2D eigenvalue weighted by atomic mass is 15.4. The molecule has 4 N–H and O–H groups in total. The molecule has 0 saturated carbocycles. The van der Waals surface area contributed by atoms with Crippen molar-refractivity contribution in [1.82, 2.24) is 5.01 Å². The Balaban J connectivity index is 4.76. The number of amidine groups is 1. The van der Waals surface area contributed by atoms with E-state index in [-0.39, 0.29) is 11.5 Å². The highest BCUT2D eigenvalue weighted by Crippen LogP contribution is 2.00. The molecule has 0 radical (unpaired) electrons. The number of rotatable bonds is 4. The highest BCUT2D eigenvalue weighted by Gasteiger charge is 2.09. The predicted octanol–water partition coefficient (Wildman–Crippen LogP) is 1.09. The van der Waals surface area contributed by atoms with E-state index in [1.807, 2.05) is 0 Å². The molecule has 0 aliphatic carbocycles. The van der Waals surface area contributed by atoms with Gasteiger partial charge in [0, 0.05) is 12.6 Å². The van der Waals surface area contributed by atoms with E-state index in [0.29, 0.717) is 5.57 Å². The number of hydrogen-bond donors (Lipinski definition) is 3. The number of allylic oxidation sites excluding steroid dienone is 3. The van der Waals surface area contributed by atoms with Gasteiger partial charge in [0.1, 0.15) is 5.71 Å². The Morgan fingerprint density at radius 1 is 1.38 bits per heavy atom. The van der Waals surface area contributed by atoms with Crippen LogP contribution in [0.2, 0.25) is 0 Å². The van der Waals surface area contributed by atoms with E-state index in [2.05, 4.69) is 13.2 Å². The molecule has 0 spiro atoms. The second-order valence-corrected chi connectivity index (χ2v) is 2.40. The second kappa shape index (κ2) is 5.05. The van der Waals surface area contributed by atoms with Crippen molar-refractivity contribution in [2.45, 2.75) is 0 Å². The first kappa shape index (κ1) is 11.3. The Labute approximate surface area is 78.0 Å². The van der Waals surface area contributed by atoms with Gasteiger partial charge in [-0.05, 0) is 0 Å². The molecule has 0 saturated heterocycles. The number of hydrogen-bond acceptors (Lipinski definition) is 3. The minimum absolute atomic E-state index is 0.0277. The molecular weight excluding hydrogens is 164 g/mol.